The van der Waals surface area contributed by atoms with E-state index in [9.17, 15) is 9.59 Å². The van der Waals surface area contributed by atoms with Crippen molar-refractivity contribution >= 4 is 17.7 Å². The second-order valence-electron chi connectivity index (χ2n) is 7.58. The Labute approximate surface area is 192 Å². The van der Waals surface area contributed by atoms with Crippen LogP contribution in [-0.4, -0.2) is 40.7 Å². The summed E-state index contributed by atoms with van der Waals surface area (Å²) in [6.07, 6.45) is 1.84. The Bertz CT molecular complexity index is 1170. The number of carbonyl (C=O) groups excluding carboxylic acids is 2. The third-order valence-corrected chi connectivity index (χ3v) is 5.42. The van der Waals surface area contributed by atoms with Crippen molar-refractivity contribution < 1.29 is 19.1 Å². The van der Waals surface area contributed by atoms with Gasteiger partial charge in [-0.05, 0) is 57.2 Å². The highest BCUT2D eigenvalue weighted by atomic mass is 16.5. The van der Waals surface area contributed by atoms with Crippen molar-refractivity contribution in [1.82, 2.24) is 15.1 Å². The molecular formula is C25H26N4O4. The number of hydrogen-bond acceptors (Lipinski definition) is 5. The minimum Gasteiger partial charge on any atom is -0.494 e. The number of ether oxygens (including phenoxy) is 2. The van der Waals surface area contributed by atoms with Gasteiger partial charge in [-0.25, -0.2) is 14.5 Å². The number of para-hydroxylation sites is 1. The Morgan fingerprint density at radius 2 is 1.79 bits per heavy atom. The molecule has 2 atom stereocenters. The summed E-state index contributed by atoms with van der Waals surface area (Å²) >= 11 is 0. The molecule has 3 aromatic rings. The summed E-state index contributed by atoms with van der Waals surface area (Å²) in [6.45, 7) is 6.16. The lowest BCUT2D eigenvalue weighted by Crippen LogP contribution is -2.44. The van der Waals surface area contributed by atoms with E-state index in [1.54, 1.807) is 18.5 Å². The number of benzene rings is 2. The molecule has 4 rings (SSSR count). The van der Waals surface area contributed by atoms with Crippen molar-refractivity contribution in [3.8, 4) is 22.7 Å². The van der Waals surface area contributed by atoms with Crippen molar-refractivity contribution in [1.29, 1.82) is 0 Å². The minimum atomic E-state index is -0.752. The Morgan fingerprint density at radius 3 is 2.45 bits per heavy atom. The smallest absolute Gasteiger partial charge is 0.341 e. The molecule has 1 aliphatic rings. The number of nitrogens with zero attached hydrogens (tertiary/aromatic N) is 3. The van der Waals surface area contributed by atoms with Crippen molar-refractivity contribution in [3.05, 3.63) is 66.4 Å². The van der Waals surface area contributed by atoms with Crippen LogP contribution in [0.25, 0.3) is 16.9 Å². The van der Waals surface area contributed by atoms with Crippen molar-refractivity contribution in [2.45, 2.75) is 26.8 Å². The van der Waals surface area contributed by atoms with Gasteiger partial charge < -0.3 is 14.8 Å². The lowest BCUT2D eigenvalue weighted by Gasteiger charge is -2.29. The first kappa shape index (κ1) is 22.3. The normalized spacial score (nSPS) is 17.8. The molecule has 0 spiro atoms. The molecular weight excluding hydrogens is 420 g/mol. The maximum absolute atomic E-state index is 12.8. The van der Waals surface area contributed by atoms with E-state index in [4.69, 9.17) is 14.6 Å². The summed E-state index contributed by atoms with van der Waals surface area (Å²) in [5, 5.41) is 7.68. The van der Waals surface area contributed by atoms with Crippen LogP contribution in [0.4, 0.5) is 4.79 Å². The molecule has 8 nitrogen and oxygen atoms in total. The molecule has 1 aliphatic heterocycles. The van der Waals surface area contributed by atoms with Crippen LogP contribution in [0.15, 0.2) is 65.8 Å². The third-order valence-electron chi connectivity index (χ3n) is 5.42. The zero-order valence-electron chi connectivity index (χ0n) is 18.8. The van der Waals surface area contributed by atoms with E-state index in [0.29, 0.717) is 23.6 Å². The summed E-state index contributed by atoms with van der Waals surface area (Å²) in [4.78, 5) is 29.1. The molecule has 0 saturated carbocycles. The van der Waals surface area contributed by atoms with Gasteiger partial charge in [-0.1, -0.05) is 18.2 Å². The van der Waals surface area contributed by atoms with Gasteiger partial charge in [-0.2, -0.15) is 5.10 Å². The molecule has 1 N–H and O–H groups in total. The van der Waals surface area contributed by atoms with E-state index in [1.807, 2.05) is 67.7 Å². The van der Waals surface area contributed by atoms with Crippen LogP contribution < -0.4 is 10.1 Å². The molecule has 2 aromatic carbocycles. The van der Waals surface area contributed by atoms with Crippen LogP contribution in [0, 0.1) is 5.92 Å². The molecule has 0 saturated heterocycles. The van der Waals surface area contributed by atoms with Crippen LogP contribution in [-0.2, 0) is 9.53 Å². The number of nitrogens with one attached hydrogen (secondary N) is 1. The van der Waals surface area contributed by atoms with Crippen molar-refractivity contribution in [2.24, 2.45) is 10.9 Å². The van der Waals surface area contributed by atoms with Gasteiger partial charge in [0.1, 0.15) is 11.7 Å². The summed E-state index contributed by atoms with van der Waals surface area (Å²) in [7, 11) is 0. The second kappa shape index (κ2) is 9.68. The molecule has 33 heavy (non-hydrogen) atoms. The molecule has 2 amide bonds. The number of urea groups is 1. The van der Waals surface area contributed by atoms with Crippen LogP contribution in [0.3, 0.4) is 0 Å². The average molecular weight is 447 g/mol. The molecule has 0 bridgehead atoms. The topological polar surface area (TPSA) is 94.8 Å². The summed E-state index contributed by atoms with van der Waals surface area (Å²) < 4.78 is 12.6. The van der Waals surface area contributed by atoms with Crippen LogP contribution in [0.2, 0.25) is 0 Å². The SMILES string of the molecule is CCOC(=O)C1C(C)=NC(=O)NC1c1cn(-c2ccccc2)nc1-c1ccc(OCC)cc1. The van der Waals surface area contributed by atoms with Gasteiger partial charge in [-0.3, -0.25) is 4.79 Å². The van der Waals surface area contributed by atoms with E-state index in [-0.39, 0.29) is 6.61 Å². The van der Waals surface area contributed by atoms with Gasteiger partial charge in [0.25, 0.3) is 0 Å². The number of aromatic nitrogens is 2. The molecule has 2 heterocycles. The fourth-order valence-corrected chi connectivity index (χ4v) is 3.94. The van der Waals surface area contributed by atoms with Gasteiger partial charge in [0, 0.05) is 23.0 Å². The van der Waals surface area contributed by atoms with Gasteiger partial charge in [0.2, 0.25) is 0 Å². The Kier molecular flexibility index (Phi) is 6.53. The number of rotatable bonds is 7. The predicted octanol–water partition coefficient (Wildman–Crippen LogP) is 4.34. The highest BCUT2D eigenvalue weighted by Gasteiger charge is 2.40. The third kappa shape index (κ3) is 4.64. The lowest BCUT2D eigenvalue weighted by molar-refractivity contribution is -0.146. The van der Waals surface area contributed by atoms with Crippen LogP contribution in [0.5, 0.6) is 5.75 Å². The lowest BCUT2D eigenvalue weighted by atomic mass is 9.87. The fraction of sp³-hybridized carbons (Fsp3) is 0.280. The summed E-state index contributed by atoms with van der Waals surface area (Å²) in [6, 6.07) is 16.1. The quantitative estimate of drug-likeness (QED) is 0.545. The van der Waals surface area contributed by atoms with Gasteiger partial charge in [-0.15, -0.1) is 0 Å². The highest BCUT2D eigenvalue weighted by molar-refractivity contribution is 6.08. The first-order valence-electron chi connectivity index (χ1n) is 10.9. The van der Waals surface area contributed by atoms with E-state index in [0.717, 1.165) is 17.0 Å². The van der Waals surface area contributed by atoms with Gasteiger partial charge in [0.05, 0.1) is 30.6 Å². The number of carbonyl (C=O) groups is 2. The second-order valence-corrected chi connectivity index (χ2v) is 7.58. The van der Waals surface area contributed by atoms with E-state index < -0.39 is 24.0 Å². The summed E-state index contributed by atoms with van der Waals surface area (Å²) in [5.74, 6) is -0.435. The van der Waals surface area contributed by atoms with Gasteiger partial charge >= 0.3 is 12.0 Å². The molecule has 1 aromatic heterocycles. The minimum absolute atomic E-state index is 0.234. The monoisotopic (exact) mass is 446 g/mol. The van der Waals surface area contributed by atoms with Crippen LogP contribution >= 0.6 is 0 Å². The molecule has 0 radical (unpaired) electrons. The molecule has 0 fully saturated rings. The highest BCUT2D eigenvalue weighted by Crippen LogP contribution is 2.35. The van der Waals surface area contributed by atoms with E-state index in [1.165, 1.54) is 0 Å². The molecule has 170 valence electrons. The Balaban J connectivity index is 1.84. The maximum Gasteiger partial charge on any atom is 0.341 e. The van der Waals surface area contributed by atoms with Crippen molar-refractivity contribution in [2.75, 3.05) is 13.2 Å². The number of amides is 2. The predicted molar refractivity (Wildman–Crippen MR) is 125 cm³/mol. The standard InChI is InChI=1S/C25H26N4O4/c1-4-32-19-13-11-17(12-14-19)22-20(15-29(28-22)18-9-7-6-8-10-18)23-21(24(30)33-5-2)16(3)26-25(31)27-23/h6-15,21,23H,4-5H2,1-3H3,(H,27,31). The van der Waals surface area contributed by atoms with E-state index >= 15 is 0 Å². The summed E-state index contributed by atoms with van der Waals surface area (Å²) in [5.41, 5.74) is 3.45. The van der Waals surface area contributed by atoms with Gasteiger partial charge in [0.15, 0.2) is 0 Å². The number of esters is 1. The van der Waals surface area contributed by atoms with Crippen molar-refractivity contribution in [3.63, 3.8) is 0 Å². The first-order chi connectivity index (χ1) is 16.0. The van der Waals surface area contributed by atoms with E-state index in [2.05, 4.69) is 10.3 Å². The Hall–Kier alpha value is -3.94. The number of aliphatic imine (C=N–C) groups is 1. The fourth-order valence-electron chi connectivity index (χ4n) is 3.94. The molecule has 8 heteroatoms. The molecule has 0 aliphatic carbocycles. The zero-order chi connectivity index (χ0) is 23.4. The van der Waals surface area contributed by atoms with Crippen LogP contribution in [0.1, 0.15) is 32.4 Å². The first-order valence-corrected chi connectivity index (χ1v) is 10.9. The Morgan fingerprint density at radius 1 is 1.06 bits per heavy atom. The molecule has 2 unspecified atom stereocenters. The zero-order valence-corrected chi connectivity index (χ0v) is 18.8. The largest absolute Gasteiger partial charge is 0.494 e. The maximum atomic E-state index is 12.8. The number of hydrogen-bond donors (Lipinski definition) is 1. The average Bonchev–Trinajstić information content (AvgIpc) is 3.25.